The number of nitrogens with zero attached hydrogens (tertiary/aromatic N) is 1. The number of rotatable bonds is 11. The van der Waals surface area contributed by atoms with Gasteiger partial charge in [-0.1, -0.05) is 46.8 Å². The van der Waals surface area contributed by atoms with Gasteiger partial charge in [0.15, 0.2) is 0 Å². The van der Waals surface area contributed by atoms with Crippen LogP contribution in [0.4, 0.5) is 5.69 Å². The Balaban J connectivity index is 1.71. The molecule has 0 saturated heterocycles. The molecule has 7 nitrogen and oxygen atoms in total. The minimum absolute atomic E-state index is 0.0168. The van der Waals surface area contributed by atoms with Crippen molar-refractivity contribution in [3.05, 3.63) is 59.4 Å². The van der Waals surface area contributed by atoms with E-state index in [1.54, 1.807) is 18.3 Å². The topological polar surface area (TPSA) is 108 Å². The molecule has 39 heavy (non-hydrogen) atoms. The number of carbonyl (C=O) groups is 3. The summed E-state index contributed by atoms with van der Waals surface area (Å²) in [6.45, 7) is 11.3. The van der Waals surface area contributed by atoms with Crippen molar-refractivity contribution in [1.29, 1.82) is 0 Å². The monoisotopic (exact) mass is 535 g/mol. The number of pyridine rings is 1. The number of hydrogen-bond acceptors (Lipinski definition) is 4. The van der Waals surface area contributed by atoms with E-state index in [4.69, 9.17) is 5.11 Å². The van der Waals surface area contributed by atoms with Crippen LogP contribution in [0.25, 0.3) is 0 Å². The second-order valence-corrected chi connectivity index (χ2v) is 12.5. The fraction of sp³-hybridized carbons (Fsp3) is 0.562. The molecule has 0 bridgehead atoms. The minimum Gasteiger partial charge on any atom is -0.481 e. The van der Waals surface area contributed by atoms with Gasteiger partial charge in [0.25, 0.3) is 5.91 Å². The highest BCUT2D eigenvalue weighted by Gasteiger charge is 2.35. The van der Waals surface area contributed by atoms with Crippen molar-refractivity contribution in [3.63, 3.8) is 0 Å². The molecule has 0 aliphatic heterocycles. The minimum atomic E-state index is -0.950. The second kappa shape index (κ2) is 13.7. The van der Waals surface area contributed by atoms with Gasteiger partial charge in [-0.2, -0.15) is 0 Å². The van der Waals surface area contributed by atoms with E-state index in [-0.39, 0.29) is 42.0 Å². The van der Waals surface area contributed by atoms with Crippen molar-refractivity contribution in [3.8, 4) is 0 Å². The molecule has 212 valence electrons. The van der Waals surface area contributed by atoms with Gasteiger partial charge in [-0.3, -0.25) is 19.4 Å². The summed E-state index contributed by atoms with van der Waals surface area (Å²) in [4.78, 5) is 41.2. The number of hydrogen-bond donors (Lipinski definition) is 3. The first-order valence-electron chi connectivity index (χ1n) is 14.3. The van der Waals surface area contributed by atoms with Crippen LogP contribution in [-0.2, 0) is 22.4 Å². The van der Waals surface area contributed by atoms with Crippen LogP contribution >= 0.6 is 0 Å². The lowest BCUT2D eigenvalue weighted by molar-refractivity contribution is -0.136. The predicted molar refractivity (Wildman–Crippen MR) is 155 cm³/mol. The van der Waals surface area contributed by atoms with Gasteiger partial charge < -0.3 is 15.7 Å². The molecule has 2 aromatic rings. The standard InChI is InChI=1S/C32H45N3O4/c1-21(2)18-26-14-15-27(20-34-26)35-31(39)28(23-10-12-25(13-11-23)32(3,4)5)19-22-6-8-24(9-7-22)30(38)33-17-16-29(36)37/h6-9,14-15,20-21,23,25,28H,10-13,16-19H2,1-5H3,(H,33,38)(H,35,39)(H,36,37). The first-order valence-corrected chi connectivity index (χ1v) is 14.3. The summed E-state index contributed by atoms with van der Waals surface area (Å²) in [5.41, 5.74) is 3.48. The number of anilines is 1. The van der Waals surface area contributed by atoms with E-state index >= 15 is 0 Å². The maximum atomic E-state index is 13.7. The van der Waals surface area contributed by atoms with Gasteiger partial charge in [0.2, 0.25) is 5.91 Å². The molecule has 1 aromatic carbocycles. The summed E-state index contributed by atoms with van der Waals surface area (Å²) in [7, 11) is 0. The molecule has 3 rings (SSSR count). The smallest absolute Gasteiger partial charge is 0.305 e. The predicted octanol–water partition coefficient (Wildman–Crippen LogP) is 6.13. The van der Waals surface area contributed by atoms with Crippen LogP contribution in [0.1, 0.15) is 88.3 Å². The summed E-state index contributed by atoms with van der Waals surface area (Å²) in [5.74, 6) is 0.0528. The molecule has 1 aliphatic rings. The third kappa shape index (κ3) is 9.48. The number of aromatic nitrogens is 1. The van der Waals surface area contributed by atoms with Crippen molar-refractivity contribution >= 4 is 23.5 Å². The number of carbonyl (C=O) groups excluding carboxylic acids is 2. The molecule has 1 heterocycles. The van der Waals surface area contributed by atoms with Gasteiger partial charge >= 0.3 is 5.97 Å². The van der Waals surface area contributed by atoms with E-state index in [0.717, 1.165) is 43.4 Å². The largest absolute Gasteiger partial charge is 0.481 e. The van der Waals surface area contributed by atoms with Gasteiger partial charge in [-0.25, -0.2) is 0 Å². The fourth-order valence-electron chi connectivity index (χ4n) is 5.56. The Hall–Kier alpha value is -3.22. The van der Waals surface area contributed by atoms with Crippen molar-refractivity contribution in [2.75, 3.05) is 11.9 Å². The van der Waals surface area contributed by atoms with Gasteiger partial charge in [0, 0.05) is 23.7 Å². The molecule has 2 amide bonds. The van der Waals surface area contributed by atoms with Crippen LogP contribution in [0.2, 0.25) is 0 Å². The number of carboxylic acid groups (broad SMARTS) is 1. The van der Waals surface area contributed by atoms with Gasteiger partial charge in [-0.05, 0) is 91.5 Å². The molecule has 0 spiro atoms. The third-order valence-corrected chi connectivity index (χ3v) is 7.91. The van der Waals surface area contributed by atoms with E-state index in [9.17, 15) is 14.4 Å². The maximum Gasteiger partial charge on any atom is 0.305 e. The first-order chi connectivity index (χ1) is 18.4. The molecule has 1 saturated carbocycles. The first kappa shape index (κ1) is 30.3. The number of carboxylic acids is 1. The number of benzene rings is 1. The van der Waals surface area contributed by atoms with Crippen LogP contribution in [0.3, 0.4) is 0 Å². The van der Waals surface area contributed by atoms with Crippen LogP contribution in [0.5, 0.6) is 0 Å². The zero-order valence-electron chi connectivity index (χ0n) is 24.1. The Bertz CT molecular complexity index is 1100. The Labute approximate surface area is 233 Å². The highest BCUT2D eigenvalue weighted by atomic mass is 16.4. The molecule has 7 heteroatoms. The summed E-state index contributed by atoms with van der Waals surface area (Å²) in [6, 6.07) is 11.2. The highest BCUT2D eigenvalue weighted by molar-refractivity contribution is 5.94. The summed E-state index contributed by atoms with van der Waals surface area (Å²) < 4.78 is 0. The molecule has 0 radical (unpaired) electrons. The molecule has 3 N–H and O–H groups in total. The number of amides is 2. The van der Waals surface area contributed by atoms with Crippen molar-refractivity contribution in [1.82, 2.24) is 10.3 Å². The van der Waals surface area contributed by atoms with Gasteiger partial charge in [-0.15, -0.1) is 0 Å². The average Bonchev–Trinajstić information content (AvgIpc) is 2.87. The average molecular weight is 536 g/mol. The lowest BCUT2D eigenvalue weighted by atomic mass is 9.66. The van der Waals surface area contributed by atoms with Crippen LogP contribution < -0.4 is 10.6 Å². The van der Waals surface area contributed by atoms with Gasteiger partial charge in [0.05, 0.1) is 18.3 Å². The second-order valence-electron chi connectivity index (χ2n) is 12.5. The lowest BCUT2D eigenvalue weighted by Crippen LogP contribution is -2.35. The van der Waals surface area contributed by atoms with Crippen molar-refractivity contribution < 1.29 is 19.5 Å². The zero-order valence-corrected chi connectivity index (χ0v) is 24.1. The Morgan fingerprint density at radius 2 is 1.64 bits per heavy atom. The molecule has 1 atom stereocenters. The zero-order chi connectivity index (χ0) is 28.6. The molecule has 1 aromatic heterocycles. The SMILES string of the molecule is CC(C)Cc1ccc(NC(=O)C(Cc2ccc(C(=O)NCCC(=O)O)cc2)C2CCC(C(C)(C)C)CC2)cn1. The Kier molecular flexibility index (Phi) is 10.7. The lowest BCUT2D eigenvalue weighted by Gasteiger charge is -2.39. The van der Waals surface area contributed by atoms with E-state index in [2.05, 4.69) is 50.2 Å². The van der Waals surface area contributed by atoms with Crippen LogP contribution in [0, 0.1) is 29.1 Å². The summed E-state index contributed by atoms with van der Waals surface area (Å²) in [6.07, 6.45) is 7.43. The van der Waals surface area contributed by atoms with Gasteiger partial charge in [0.1, 0.15) is 0 Å². The van der Waals surface area contributed by atoms with Crippen molar-refractivity contribution in [2.24, 2.45) is 29.1 Å². The highest BCUT2D eigenvalue weighted by Crippen LogP contribution is 2.42. The van der Waals surface area contributed by atoms with Crippen LogP contribution in [0.15, 0.2) is 42.6 Å². The third-order valence-electron chi connectivity index (χ3n) is 7.91. The van der Waals surface area contributed by atoms with E-state index in [0.29, 0.717) is 29.5 Å². The van der Waals surface area contributed by atoms with E-state index < -0.39 is 5.97 Å². The molecule has 1 unspecified atom stereocenters. The molecule has 1 aliphatic carbocycles. The van der Waals surface area contributed by atoms with E-state index in [1.807, 2.05) is 24.3 Å². The summed E-state index contributed by atoms with van der Waals surface area (Å²) in [5, 5.41) is 14.5. The molecule has 1 fully saturated rings. The molecular formula is C32H45N3O4. The Morgan fingerprint density at radius 3 is 2.18 bits per heavy atom. The van der Waals surface area contributed by atoms with Crippen molar-refractivity contribution in [2.45, 2.75) is 79.6 Å². The maximum absolute atomic E-state index is 13.7. The quantitative estimate of drug-likeness (QED) is 0.321. The fourth-order valence-corrected chi connectivity index (χ4v) is 5.56. The Morgan fingerprint density at radius 1 is 0.974 bits per heavy atom. The molecular weight excluding hydrogens is 490 g/mol. The summed E-state index contributed by atoms with van der Waals surface area (Å²) >= 11 is 0. The van der Waals surface area contributed by atoms with Crippen LogP contribution in [-0.4, -0.2) is 34.4 Å². The normalized spacial score (nSPS) is 18.4. The number of aliphatic carboxylic acids is 1. The van der Waals surface area contributed by atoms with E-state index in [1.165, 1.54) is 0 Å². The number of nitrogens with one attached hydrogen (secondary N) is 2.